The predicted molar refractivity (Wildman–Crippen MR) is 295 cm³/mol. The maximum Gasteiger partial charge on any atom is 0.311 e. The Morgan fingerprint density at radius 3 is 1.86 bits per heavy atom. The number of anilines is 1. The molecular weight excluding hydrogens is 1040 g/mol. The van der Waals surface area contributed by atoms with E-state index in [-0.39, 0.29) is 36.9 Å². The van der Waals surface area contributed by atoms with Gasteiger partial charge in [-0.15, -0.1) is 0 Å². The Labute approximate surface area is 468 Å². The number of fused-ring (bicyclic) bond motifs is 2. The molecule has 0 amide bonds. The average Bonchev–Trinajstić information content (AvgIpc) is 3.48. The average molecular weight is 1130 g/mol. The fourth-order valence-electron chi connectivity index (χ4n) is 10.1. The van der Waals surface area contributed by atoms with Crippen molar-refractivity contribution in [1.82, 2.24) is 0 Å². The molecule has 19 atom stereocenters. The van der Waals surface area contributed by atoms with Gasteiger partial charge >= 0.3 is 11.9 Å². The number of carboxylic acids is 1. The molecule has 14 N–H and O–H groups in total. The van der Waals surface area contributed by atoms with Gasteiger partial charge in [-0.2, -0.15) is 0 Å². The minimum atomic E-state index is -2.34. The SMILES string of the molecule is CNc1ccc(C(=O)C[C@H](O)CC[C@@H](C)[C@H]2OC(=O)C[C@H](O)CC(=O)C[C@@H](O)C[C@H](O)C[C@@H](O)C[C@@H](O)C[C@@]3(O)C[C@@H](O)[C@@H](C(=O)O)[C@@H](C[C@H](O[C@@H]4O[C@H](C)[C@@H](O)[C@H](N)[C@H]4O)/C=C/C=C/C=C/C=C/C=C/C=C\C=C/[C@@H]2C)O3)cc1. The maximum absolute atomic E-state index is 13.3. The number of cyclic esters (lactones) is 1. The number of Topliss-reactive ketones (excluding diaryl/α,β-unsaturated/α-hetero) is 2. The summed E-state index contributed by atoms with van der Waals surface area (Å²) in [6.45, 7) is 5.22. The molecule has 446 valence electrons. The number of nitrogens with two attached hydrogens (primary N) is 1. The van der Waals surface area contributed by atoms with Gasteiger partial charge in [0.1, 0.15) is 23.9 Å². The number of aliphatic hydroxyl groups is 10. The van der Waals surface area contributed by atoms with E-state index in [1.807, 2.05) is 19.9 Å². The molecule has 0 saturated carbocycles. The van der Waals surface area contributed by atoms with E-state index in [0.29, 0.717) is 12.0 Å². The first-order valence-corrected chi connectivity index (χ1v) is 27.4. The lowest BCUT2D eigenvalue weighted by molar-refractivity contribution is -0.308. The van der Waals surface area contributed by atoms with Crippen LogP contribution >= 0.6 is 0 Å². The molecule has 0 unspecified atom stereocenters. The third-order valence-electron chi connectivity index (χ3n) is 14.4. The van der Waals surface area contributed by atoms with Crippen LogP contribution in [0.4, 0.5) is 5.69 Å². The molecule has 2 saturated heterocycles. The molecule has 4 rings (SSSR count). The van der Waals surface area contributed by atoms with Crippen molar-refractivity contribution in [2.45, 2.75) is 195 Å². The highest BCUT2D eigenvalue weighted by Gasteiger charge is 2.51. The van der Waals surface area contributed by atoms with Crippen molar-refractivity contribution in [3.05, 3.63) is 115 Å². The number of esters is 1. The van der Waals surface area contributed by atoms with Crippen molar-refractivity contribution in [1.29, 1.82) is 0 Å². The number of aliphatic hydroxyl groups excluding tert-OH is 9. The summed E-state index contributed by atoms with van der Waals surface area (Å²) < 4.78 is 23.7. The number of carboxylic acid groups (broad SMARTS) is 1. The molecule has 3 heterocycles. The number of hydrogen-bond donors (Lipinski definition) is 13. The molecule has 2 fully saturated rings. The number of allylic oxidation sites excluding steroid dienone is 12. The third kappa shape index (κ3) is 23.0. The monoisotopic (exact) mass is 1130 g/mol. The van der Waals surface area contributed by atoms with Gasteiger partial charge in [0.2, 0.25) is 0 Å². The van der Waals surface area contributed by atoms with Crippen LogP contribution in [0.25, 0.3) is 0 Å². The van der Waals surface area contributed by atoms with Crippen LogP contribution in [0.1, 0.15) is 108 Å². The van der Waals surface area contributed by atoms with E-state index in [1.165, 1.54) is 13.0 Å². The topological polar surface area (TPSA) is 366 Å². The number of hydrogen-bond acceptors (Lipinski definition) is 20. The predicted octanol–water partition coefficient (Wildman–Crippen LogP) is 2.75. The van der Waals surface area contributed by atoms with E-state index in [1.54, 1.807) is 104 Å². The number of aliphatic carboxylic acids is 1. The molecule has 3 aliphatic heterocycles. The summed E-state index contributed by atoms with van der Waals surface area (Å²) in [5, 5.41) is 122. The Balaban J connectivity index is 1.54. The molecule has 1 aromatic carbocycles. The highest BCUT2D eigenvalue weighted by molar-refractivity contribution is 5.96. The number of nitrogens with one attached hydrogen (secondary N) is 1. The van der Waals surface area contributed by atoms with Crippen molar-refractivity contribution in [2.24, 2.45) is 23.5 Å². The van der Waals surface area contributed by atoms with Crippen LogP contribution in [0.2, 0.25) is 0 Å². The summed E-state index contributed by atoms with van der Waals surface area (Å²) in [6, 6.07) is 5.74. The van der Waals surface area contributed by atoms with Crippen molar-refractivity contribution in [2.75, 3.05) is 12.4 Å². The molecule has 0 aliphatic carbocycles. The van der Waals surface area contributed by atoms with Crippen LogP contribution in [-0.2, 0) is 33.3 Å². The number of carbonyl (C=O) groups excluding carboxylic acids is 3. The fourth-order valence-corrected chi connectivity index (χ4v) is 10.1. The number of carbonyl (C=O) groups is 4. The lowest BCUT2D eigenvalue weighted by Crippen LogP contribution is -2.61. The van der Waals surface area contributed by atoms with E-state index < -0.39 is 172 Å². The molecule has 80 heavy (non-hydrogen) atoms. The number of benzene rings is 1. The van der Waals surface area contributed by atoms with Crippen LogP contribution in [0.3, 0.4) is 0 Å². The van der Waals surface area contributed by atoms with Crippen LogP contribution in [0.15, 0.2) is 109 Å². The second-order valence-electron chi connectivity index (χ2n) is 21.4. The Kier molecular flexibility index (Phi) is 28.4. The molecule has 21 heteroatoms. The molecule has 0 radical (unpaired) electrons. The number of rotatable bonds is 11. The first-order chi connectivity index (χ1) is 37.9. The molecule has 1 aromatic rings. The van der Waals surface area contributed by atoms with Gasteiger partial charge in [0.15, 0.2) is 17.9 Å². The second kappa shape index (κ2) is 33.7. The first-order valence-electron chi connectivity index (χ1n) is 27.4. The Morgan fingerprint density at radius 2 is 1.27 bits per heavy atom. The summed E-state index contributed by atoms with van der Waals surface area (Å²) >= 11 is 0. The van der Waals surface area contributed by atoms with Gasteiger partial charge in [-0.3, -0.25) is 19.2 Å². The number of ether oxygens (including phenoxy) is 4. The van der Waals surface area contributed by atoms with Gasteiger partial charge in [-0.25, -0.2) is 0 Å². The smallest absolute Gasteiger partial charge is 0.311 e. The van der Waals surface area contributed by atoms with Gasteiger partial charge < -0.3 is 86.2 Å². The van der Waals surface area contributed by atoms with Gasteiger partial charge in [-0.1, -0.05) is 98.9 Å². The lowest BCUT2D eigenvalue weighted by atomic mass is 9.82. The highest BCUT2D eigenvalue weighted by Crippen LogP contribution is 2.38. The third-order valence-corrected chi connectivity index (χ3v) is 14.4. The van der Waals surface area contributed by atoms with E-state index >= 15 is 0 Å². The van der Waals surface area contributed by atoms with Crippen molar-refractivity contribution < 1.29 is 94.3 Å². The summed E-state index contributed by atoms with van der Waals surface area (Å²) in [4.78, 5) is 51.7. The quantitative estimate of drug-likeness (QED) is 0.112. The second-order valence-corrected chi connectivity index (χ2v) is 21.4. The van der Waals surface area contributed by atoms with E-state index in [2.05, 4.69) is 5.32 Å². The molecule has 21 nitrogen and oxygen atoms in total. The zero-order valence-corrected chi connectivity index (χ0v) is 46.0. The molecule has 0 aromatic heterocycles. The summed E-state index contributed by atoms with van der Waals surface area (Å²) in [5.74, 6) is -7.75. The van der Waals surface area contributed by atoms with Gasteiger partial charge in [0.05, 0.1) is 79.6 Å². The van der Waals surface area contributed by atoms with Crippen LogP contribution in [0, 0.1) is 17.8 Å². The standard InChI is InChI=1S/C59H86N2O19/c1-35-17-15-13-11-9-7-5-6-8-10-12-14-16-18-47(78-58-55(73)53(60)54(72)37(3)77-58)32-50-52(57(74)75)49(70)34-59(76,80-50)33-46(68)29-44(66)27-42(64)25-41(63)26-43(65)28-45(67)31-51(71)79-56(35)36(2)19-24-40(62)30-48(69)38-20-22-39(61-4)23-21-38/h5-18,20-23,35-37,40-42,44-47,49-50,52-56,58,61-64,66-68,70,72-73,76H,19,24-34,60H2,1-4H3,(H,74,75)/b6-5+,9-7+,10-8+,13-11-,14-12+,17-15-,18-16+/t35-,36+,37+,40+,41-,42-,44+,45+,46+,47+,49+,50+,52+,53-,54+,55+,56-,58-,59-/m0/s1. The van der Waals surface area contributed by atoms with Gasteiger partial charge in [-0.05, 0) is 69.2 Å². The normalized spacial score (nSPS) is 38.0. The molecular formula is C59H86N2O19. The zero-order valence-electron chi connectivity index (χ0n) is 46.0. The number of ketones is 2. The van der Waals surface area contributed by atoms with Crippen LogP contribution in [-0.4, -0.2) is 184 Å². The summed E-state index contributed by atoms with van der Waals surface area (Å²) in [6.07, 6.45) is 1.86. The first kappa shape index (κ1) is 67.4. The van der Waals surface area contributed by atoms with Crippen molar-refractivity contribution in [3.63, 3.8) is 0 Å². The summed E-state index contributed by atoms with van der Waals surface area (Å²) in [7, 11) is 1.77. The van der Waals surface area contributed by atoms with Crippen LogP contribution in [0.5, 0.6) is 0 Å². The minimum absolute atomic E-state index is 0.106. The largest absolute Gasteiger partial charge is 0.481 e. The minimum Gasteiger partial charge on any atom is -0.481 e. The Morgan fingerprint density at radius 1 is 0.725 bits per heavy atom. The molecule has 3 aliphatic rings. The lowest BCUT2D eigenvalue weighted by Gasteiger charge is -2.45. The molecule has 0 spiro atoms. The van der Waals surface area contributed by atoms with Crippen molar-refractivity contribution in [3.8, 4) is 0 Å². The van der Waals surface area contributed by atoms with E-state index in [4.69, 9.17) is 24.7 Å². The van der Waals surface area contributed by atoms with Crippen LogP contribution < -0.4 is 11.1 Å². The van der Waals surface area contributed by atoms with Crippen molar-refractivity contribution >= 4 is 29.2 Å². The highest BCUT2D eigenvalue weighted by atomic mass is 16.7. The van der Waals surface area contributed by atoms with E-state index in [9.17, 15) is 75.3 Å². The zero-order chi connectivity index (χ0) is 59.1. The summed E-state index contributed by atoms with van der Waals surface area (Å²) in [5.41, 5.74) is 7.35. The fraction of sp³-hybridized carbons (Fsp3) is 0.593. The van der Waals surface area contributed by atoms with Gasteiger partial charge in [0, 0.05) is 62.7 Å². The molecule has 2 bridgehead atoms. The Hall–Kier alpha value is -5.08. The Bertz CT molecular complexity index is 2300. The maximum atomic E-state index is 13.3. The van der Waals surface area contributed by atoms with Gasteiger partial charge in [0.25, 0.3) is 0 Å². The van der Waals surface area contributed by atoms with E-state index in [0.717, 1.165) is 5.69 Å².